The summed E-state index contributed by atoms with van der Waals surface area (Å²) in [4.78, 5) is 40.0. The Morgan fingerprint density at radius 3 is 1.26 bits per heavy atom. The molecule has 3 unspecified atom stereocenters. The average molecular weight is 1100 g/mol. The molecule has 0 aliphatic heterocycles. The second-order valence-electron chi connectivity index (χ2n) is 23.2. The first-order valence-corrected chi connectivity index (χ1v) is 34.1. The number of hydrogen-bond acceptors (Lipinski definition) is 7. The van der Waals surface area contributed by atoms with Gasteiger partial charge in [0.2, 0.25) is 5.91 Å². The summed E-state index contributed by atoms with van der Waals surface area (Å²) >= 11 is 0. The Morgan fingerprint density at radius 2 is 0.831 bits per heavy atom. The summed E-state index contributed by atoms with van der Waals surface area (Å²) in [6, 6.07) is -0.892. The number of rotatable bonds is 59. The fraction of sp³-hybridized carbons (Fsp3) is 0.821. The summed E-state index contributed by atoms with van der Waals surface area (Å²) in [5, 5.41) is 3.03. The minimum atomic E-state index is -4.70. The van der Waals surface area contributed by atoms with E-state index in [4.69, 9.17) is 13.8 Å². The summed E-state index contributed by atoms with van der Waals surface area (Å²) in [5.41, 5.74) is 0. The molecule has 0 aromatic heterocycles. The van der Waals surface area contributed by atoms with E-state index >= 15 is 0 Å². The van der Waals surface area contributed by atoms with E-state index in [-0.39, 0.29) is 24.9 Å². The molecule has 450 valence electrons. The first kappa shape index (κ1) is 74.7. The molecule has 0 aromatic carbocycles. The third-order valence-electron chi connectivity index (χ3n) is 14.4. The Hall–Kier alpha value is -2.29. The summed E-state index contributed by atoms with van der Waals surface area (Å²) < 4.78 is 30.3. The normalized spacial score (nSPS) is 14.0. The number of phosphoric acid groups is 1. The Kier molecular flexibility index (Phi) is 55.3. The fourth-order valence-electron chi connectivity index (χ4n) is 9.41. The van der Waals surface area contributed by atoms with Crippen LogP contribution in [0.5, 0.6) is 0 Å². The number of carbonyl (C=O) groups is 2. The first-order chi connectivity index (χ1) is 37.4. The van der Waals surface area contributed by atoms with Gasteiger partial charge in [-0.3, -0.25) is 14.2 Å². The van der Waals surface area contributed by atoms with Gasteiger partial charge in [-0.2, -0.15) is 0 Å². The Labute approximate surface area is 477 Å². The first-order valence-electron chi connectivity index (χ1n) is 32.6. The van der Waals surface area contributed by atoms with Gasteiger partial charge in [-0.25, -0.2) is 0 Å². The molecule has 0 saturated carbocycles. The number of ether oxygens (including phenoxy) is 1. The monoisotopic (exact) mass is 1100 g/mol. The molecule has 0 saturated heterocycles. The second-order valence-corrected chi connectivity index (χ2v) is 24.6. The third-order valence-corrected chi connectivity index (χ3v) is 15.4. The van der Waals surface area contributed by atoms with E-state index in [9.17, 15) is 19.0 Å². The quantitative estimate of drug-likeness (QED) is 0.0212. The van der Waals surface area contributed by atoms with Gasteiger partial charge < -0.3 is 28.5 Å². The standard InChI is InChI=1S/C67H125N2O7P/c1-7-10-13-16-19-22-25-28-30-31-32-33-34-35-36-37-38-39-40-42-45-48-51-54-57-60-67(71)76-65(58-55-52-49-46-43-27-24-21-18-15-12-9-3)64(63-75-77(72,73)74-62-61-69(4,5)6)68-66(70)59-56-53-50-47-44-41-29-26-23-20-17-14-11-8-2/h11,14,19-20,22-23,28,30,55,58,64-65H,7-10,12-13,15-18,21,24-27,29,31-54,56-57,59-63H2,1-6H3,(H-,68,70,72,73)/b14-11+,22-19-,23-20+,30-28-,58-55-. The zero-order valence-electron chi connectivity index (χ0n) is 51.4. The molecule has 0 rings (SSSR count). The average Bonchev–Trinajstić information content (AvgIpc) is 3.39. The molecular weight excluding hydrogens is 976 g/mol. The van der Waals surface area contributed by atoms with Gasteiger partial charge in [0.25, 0.3) is 7.82 Å². The highest BCUT2D eigenvalue weighted by Gasteiger charge is 2.27. The minimum Gasteiger partial charge on any atom is -0.756 e. The van der Waals surface area contributed by atoms with Crippen molar-refractivity contribution in [3.8, 4) is 0 Å². The largest absolute Gasteiger partial charge is 0.756 e. The van der Waals surface area contributed by atoms with Gasteiger partial charge in [0.05, 0.1) is 33.8 Å². The van der Waals surface area contributed by atoms with E-state index in [1.54, 1.807) is 0 Å². The molecule has 0 aliphatic carbocycles. The molecule has 10 heteroatoms. The molecule has 0 spiro atoms. The number of esters is 1. The van der Waals surface area contributed by atoms with Crippen molar-refractivity contribution in [1.82, 2.24) is 5.32 Å². The van der Waals surface area contributed by atoms with Gasteiger partial charge in [-0.15, -0.1) is 0 Å². The fourth-order valence-corrected chi connectivity index (χ4v) is 10.1. The number of hydrogen-bond donors (Lipinski definition) is 1. The van der Waals surface area contributed by atoms with Crippen LogP contribution in [0.1, 0.15) is 303 Å². The molecule has 0 bridgehead atoms. The van der Waals surface area contributed by atoms with Gasteiger partial charge in [-0.05, 0) is 89.5 Å². The van der Waals surface area contributed by atoms with Crippen LogP contribution in [0.25, 0.3) is 0 Å². The van der Waals surface area contributed by atoms with Crippen LogP contribution < -0.4 is 10.2 Å². The van der Waals surface area contributed by atoms with E-state index in [1.165, 1.54) is 180 Å². The maximum Gasteiger partial charge on any atom is 0.306 e. The second kappa shape index (κ2) is 57.0. The molecule has 9 nitrogen and oxygen atoms in total. The maximum absolute atomic E-state index is 13.5. The van der Waals surface area contributed by atoms with Gasteiger partial charge in [-0.1, -0.05) is 262 Å². The molecule has 0 aliphatic rings. The number of carbonyl (C=O) groups excluding carboxylic acids is 2. The Balaban J connectivity index is 5.07. The number of quaternary nitrogens is 1. The highest BCUT2D eigenvalue weighted by Crippen LogP contribution is 2.38. The zero-order valence-corrected chi connectivity index (χ0v) is 52.3. The maximum atomic E-state index is 13.5. The number of nitrogens with one attached hydrogen (secondary N) is 1. The summed E-state index contributed by atoms with van der Waals surface area (Å²) in [7, 11) is 1.18. The van der Waals surface area contributed by atoms with Crippen molar-refractivity contribution in [2.45, 2.75) is 315 Å². The van der Waals surface area contributed by atoms with Crippen molar-refractivity contribution in [1.29, 1.82) is 0 Å². The smallest absolute Gasteiger partial charge is 0.306 e. The summed E-state index contributed by atoms with van der Waals surface area (Å²) in [6.07, 6.45) is 72.0. The van der Waals surface area contributed by atoms with Gasteiger partial charge >= 0.3 is 5.97 Å². The van der Waals surface area contributed by atoms with Crippen molar-refractivity contribution in [2.75, 3.05) is 40.9 Å². The van der Waals surface area contributed by atoms with Crippen molar-refractivity contribution < 1.29 is 37.3 Å². The van der Waals surface area contributed by atoms with Crippen molar-refractivity contribution >= 4 is 19.7 Å². The van der Waals surface area contributed by atoms with Gasteiger partial charge in [0.1, 0.15) is 19.3 Å². The lowest BCUT2D eigenvalue weighted by atomic mass is 10.0. The molecule has 3 atom stereocenters. The number of phosphoric ester groups is 1. The van der Waals surface area contributed by atoms with Crippen LogP contribution >= 0.6 is 7.82 Å². The predicted molar refractivity (Wildman–Crippen MR) is 330 cm³/mol. The van der Waals surface area contributed by atoms with Crippen molar-refractivity contribution in [2.24, 2.45) is 0 Å². The van der Waals surface area contributed by atoms with Crippen LogP contribution in [0.15, 0.2) is 60.8 Å². The lowest BCUT2D eigenvalue weighted by Gasteiger charge is -2.30. The van der Waals surface area contributed by atoms with Gasteiger partial charge in [0.15, 0.2) is 0 Å². The molecule has 0 heterocycles. The summed E-state index contributed by atoms with van der Waals surface area (Å²) in [5.74, 6) is -0.543. The van der Waals surface area contributed by atoms with Crippen LogP contribution in [-0.4, -0.2) is 69.4 Å². The molecule has 77 heavy (non-hydrogen) atoms. The molecule has 0 fully saturated rings. The minimum absolute atomic E-state index is 0.0241. The third kappa shape index (κ3) is 58.2. The topological polar surface area (TPSA) is 114 Å². The predicted octanol–water partition coefficient (Wildman–Crippen LogP) is 19.6. The van der Waals surface area contributed by atoms with Crippen molar-refractivity contribution in [3.05, 3.63) is 60.8 Å². The highest BCUT2D eigenvalue weighted by atomic mass is 31.2. The van der Waals surface area contributed by atoms with E-state index in [0.717, 1.165) is 89.9 Å². The van der Waals surface area contributed by atoms with E-state index in [0.29, 0.717) is 17.4 Å². The van der Waals surface area contributed by atoms with Crippen molar-refractivity contribution in [3.63, 3.8) is 0 Å². The number of likely N-dealkylation sites (N-methyl/N-ethyl adjacent to an activating group) is 1. The van der Waals surface area contributed by atoms with E-state index in [2.05, 4.69) is 74.7 Å². The van der Waals surface area contributed by atoms with Gasteiger partial charge in [0, 0.05) is 12.8 Å². The molecule has 0 radical (unpaired) electrons. The SMILES string of the molecule is CC/C=C/C/C=C/CCCCCCCCCC(=O)NC(COP(=O)([O-])OCC[N+](C)(C)C)C(/C=C\CCCCCCCCCCCC)OC(=O)CCCCCCCCCCCCCCCCC/C=C\C/C=C\CCCCC. The Bertz CT molecular complexity index is 1500. The van der Waals surface area contributed by atoms with Crippen LogP contribution in [0.2, 0.25) is 0 Å². The number of allylic oxidation sites excluding steroid dienone is 9. The van der Waals surface area contributed by atoms with Crippen LogP contribution in [0.3, 0.4) is 0 Å². The molecule has 1 amide bonds. The Morgan fingerprint density at radius 1 is 0.468 bits per heavy atom. The lowest BCUT2D eigenvalue weighted by molar-refractivity contribution is -0.870. The summed E-state index contributed by atoms with van der Waals surface area (Å²) in [6.45, 7) is 6.73. The van der Waals surface area contributed by atoms with E-state index in [1.807, 2.05) is 33.3 Å². The molecular formula is C67H125N2O7P. The highest BCUT2D eigenvalue weighted by molar-refractivity contribution is 7.45. The van der Waals surface area contributed by atoms with Crippen LogP contribution in [-0.2, 0) is 27.9 Å². The number of amides is 1. The molecule has 1 N–H and O–H groups in total. The van der Waals surface area contributed by atoms with Crippen LogP contribution in [0.4, 0.5) is 0 Å². The zero-order chi connectivity index (χ0) is 56.4. The van der Waals surface area contributed by atoms with Crippen LogP contribution in [0, 0.1) is 0 Å². The van der Waals surface area contributed by atoms with E-state index < -0.39 is 26.6 Å². The lowest BCUT2D eigenvalue weighted by Crippen LogP contribution is -2.47. The molecule has 0 aromatic rings. The number of unbranched alkanes of at least 4 members (excludes halogenated alkanes) is 35. The number of nitrogens with zero attached hydrogens (tertiary/aromatic N) is 1.